The normalized spacial score (nSPS) is 14.2. The lowest BCUT2D eigenvalue weighted by atomic mass is 10.1. The summed E-state index contributed by atoms with van der Waals surface area (Å²) in [6.07, 6.45) is 1.68. The molecule has 0 spiro atoms. The van der Waals surface area contributed by atoms with Crippen molar-refractivity contribution in [2.45, 2.75) is 11.8 Å². The van der Waals surface area contributed by atoms with E-state index in [9.17, 15) is 13.8 Å². The Balaban J connectivity index is 1.19. The van der Waals surface area contributed by atoms with E-state index in [0.29, 0.717) is 60.0 Å². The standard InChI is InChI=1S/C29H28N4O4S/c1-2-37-29(35)23-7-3-9-25(20-23)32-16-18-33(19-17-32)28(34)22-11-13-24(14-12-22)31-38(36)26-10-4-6-21-8-5-15-30-27(21)26/h3-15,20,31H,2,16-19H2,1H3. The van der Waals surface area contributed by atoms with Gasteiger partial charge >= 0.3 is 5.97 Å². The molecule has 1 saturated heterocycles. The van der Waals surface area contributed by atoms with E-state index < -0.39 is 11.0 Å². The number of pyridine rings is 1. The van der Waals surface area contributed by atoms with Crippen LogP contribution in [0.3, 0.4) is 0 Å². The zero-order chi connectivity index (χ0) is 26.5. The number of piperazine rings is 1. The van der Waals surface area contributed by atoms with Crippen molar-refractivity contribution in [1.82, 2.24) is 9.88 Å². The van der Waals surface area contributed by atoms with Gasteiger partial charge in [0.05, 0.1) is 22.6 Å². The number of rotatable bonds is 7. The van der Waals surface area contributed by atoms with Gasteiger partial charge in [-0.15, -0.1) is 0 Å². The number of hydrogen-bond acceptors (Lipinski definition) is 6. The zero-order valence-electron chi connectivity index (χ0n) is 21.0. The topological polar surface area (TPSA) is 91.8 Å². The summed E-state index contributed by atoms with van der Waals surface area (Å²) in [5.41, 5.74) is 3.38. The summed E-state index contributed by atoms with van der Waals surface area (Å²) in [6.45, 7) is 4.58. The highest BCUT2D eigenvalue weighted by Crippen LogP contribution is 2.22. The maximum absolute atomic E-state index is 13.1. The van der Waals surface area contributed by atoms with Crippen molar-refractivity contribution in [3.8, 4) is 0 Å². The van der Waals surface area contributed by atoms with Crippen LogP contribution in [0.4, 0.5) is 11.4 Å². The number of aromatic nitrogens is 1. The third kappa shape index (κ3) is 5.52. The number of para-hydroxylation sites is 1. The molecule has 4 aromatic rings. The second kappa shape index (κ2) is 11.4. The number of esters is 1. The molecule has 9 heteroatoms. The fourth-order valence-corrected chi connectivity index (χ4v) is 5.47. The average Bonchev–Trinajstić information content (AvgIpc) is 2.97. The molecule has 0 bridgehead atoms. The molecule has 38 heavy (non-hydrogen) atoms. The third-order valence-corrected chi connectivity index (χ3v) is 7.58. The van der Waals surface area contributed by atoms with Crippen LogP contribution >= 0.6 is 0 Å². The molecule has 1 atom stereocenters. The Morgan fingerprint density at radius 2 is 1.66 bits per heavy atom. The van der Waals surface area contributed by atoms with Gasteiger partial charge in [-0.05, 0) is 61.5 Å². The van der Waals surface area contributed by atoms with Gasteiger partial charge in [-0.2, -0.15) is 0 Å². The van der Waals surface area contributed by atoms with Gasteiger partial charge in [-0.25, -0.2) is 9.00 Å². The first-order valence-corrected chi connectivity index (χ1v) is 13.6. The van der Waals surface area contributed by atoms with Gasteiger partial charge in [0, 0.05) is 54.7 Å². The Bertz CT molecular complexity index is 1480. The van der Waals surface area contributed by atoms with Crippen LogP contribution in [-0.2, 0) is 15.7 Å². The van der Waals surface area contributed by atoms with Gasteiger partial charge in [0.2, 0.25) is 0 Å². The summed E-state index contributed by atoms with van der Waals surface area (Å²) in [4.78, 5) is 34.2. The molecule has 1 aliphatic heterocycles. The lowest BCUT2D eigenvalue weighted by Gasteiger charge is -2.36. The molecule has 1 fully saturated rings. The summed E-state index contributed by atoms with van der Waals surface area (Å²) in [6, 6.07) is 23.8. The van der Waals surface area contributed by atoms with Crippen LogP contribution in [0.1, 0.15) is 27.6 Å². The highest BCUT2D eigenvalue weighted by atomic mass is 32.2. The van der Waals surface area contributed by atoms with Gasteiger partial charge in [0.1, 0.15) is 0 Å². The minimum Gasteiger partial charge on any atom is -0.462 e. The van der Waals surface area contributed by atoms with Crippen LogP contribution in [-0.4, -0.2) is 58.8 Å². The van der Waals surface area contributed by atoms with E-state index in [1.807, 2.05) is 47.4 Å². The fraction of sp³-hybridized carbons (Fsp3) is 0.207. The molecule has 2 heterocycles. The van der Waals surface area contributed by atoms with Crippen LogP contribution in [0.2, 0.25) is 0 Å². The van der Waals surface area contributed by atoms with Crippen molar-refractivity contribution in [1.29, 1.82) is 0 Å². The molecule has 5 rings (SSSR count). The second-order valence-electron chi connectivity index (χ2n) is 8.83. The van der Waals surface area contributed by atoms with Crippen LogP contribution in [0.5, 0.6) is 0 Å². The number of nitrogens with zero attached hydrogens (tertiary/aromatic N) is 3. The maximum atomic E-state index is 13.1. The average molecular weight is 529 g/mol. The van der Waals surface area contributed by atoms with Gasteiger partial charge in [-0.1, -0.05) is 24.3 Å². The van der Waals surface area contributed by atoms with Crippen LogP contribution < -0.4 is 9.62 Å². The Kier molecular flexibility index (Phi) is 7.65. The van der Waals surface area contributed by atoms with Crippen molar-refractivity contribution < 1.29 is 18.5 Å². The predicted octanol–water partition coefficient (Wildman–Crippen LogP) is 4.51. The second-order valence-corrected chi connectivity index (χ2v) is 10.0. The Labute approximate surface area is 223 Å². The summed E-state index contributed by atoms with van der Waals surface area (Å²) in [7, 11) is -1.50. The highest BCUT2D eigenvalue weighted by Gasteiger charge is 2.23. The predicted molar refractivity (Wildman–Crippen MR) is 149 cm³/mol. The number of fused-ring (bicyclic) bond motifs is 1. The first-order valence-electron chi connectivity index (χ1n) is 12.5. The first-order chi connectivity index (χ1) is 18.5. The quantitative estimate of drug-likeness (QED) is 0.355. The van der Waals surface area contributed by atoms with E-state index in [-0.39, 0.29) is 11.9 Å². The number of carbonyl (C=O) groups is 2. The molecule has 8 nitrogen and oxygen atoms in total. The molecule has 3 aromatic carbocycles. The monoisotopic (exact) mass is 528 g/mol. The number of benzene rings is 3. The molecule has 0 radical (unpaired) electrons. The summed E-state index contributed by atoms with van der Waals surface area (Å²) < 4.78 is 21.1. The molecule has 1 N–H and O–H groups in total. The van der Waals surface area contributed by atoms with E-state index in [1.54, 1.807) is 49.5 Å². The number of anilines is 2. The largest absolute Gasteiger partial charge is 0.462 e. The summed E-state index contributed by atoms with van der Waals surface area (Å²) >= 11 is 0. The van der Waals surface area contributed by atoms with Gasteiger partial charge in [0.25, 0.3) is 5.91 Å². The minimum atomic E-state index is -1.50. The van der Waals surface area contributed by atoms with E-state index >= 15 is 0 Å². The number of carbonyl (C=O) groups excluding carboxylic acids is 2. The van der Waals surface area contributed by atoms with Gasteiger partial charge in [0.15, 0.2) is 11.0 Å². The van der Waals surface area contributed by atoms with Crippen LogP contribution in [0.15, 0.2) is 90.0 Å². The highest BCUT2D eigenvalue weighted by molar-refractivity contribution is 7.86. The summed E-state index contributed by atoms with van der Waals surface area (Å²) in [5.74, 6) is -0.380. The minimum absolute atomic E-state index is 0.0455. The molecule has 1 amide bonds. The van der Waals surface area contributed by atoms with Gasteiger partial charge in [-0.3, -0.25) is 9.78 Å². The van der Waals surface area contributed by atoms with E-state index in [4.69, 9.17) is 4.74 Å². The SMILES string of the molecule is CCOC(=O)c1cccc(N2CCN(C(=O)c3ccc(NS(=O)c4cccc5cccnc45)cc3)CC2)c1. The van der Waals surface area contributed by atoms with Crippen molar-refractivity contribution in [3.63, 3.8) is 0 Å². The molecular weight excluding hydrogens is 500 g/mol. The maximum Gasteiger partial charge on any atom is 0.338 e. The Hall–Kier alpha value is -4.24. The van der Waals surface area contributed by atoms with E-state index in [0.717, 1.165) is 11.1 Å². The Morgan fingerprint density at radius 3 is 2.42 bits per heavy atom. The van der Waals surface area contributed by atoms with E-state index in [2.05, 4.69) is 14.6 Å². The molecular formula is C29H28N4O4S. The summed E-state index contributed by atoms with van der Waals surface area (Å²) in [5, 5.41) is 0.924. The lowest BCUT2D eigenvalue weighted by Crippen LogP contribution is -2.48. The number of ether oxygens (including phenoxy) is 1. The smallest absolute Gasteiger partial charge is 0.338 e. The molecule has 1 unspecified atom stereocenters. The molecule has 0 saturated carbocycles. The van der Waals surface area contributed by atoms with E-state index in [1.165, 1.54) is 0 Å². The fourth-order valence-electron chi connectivity index (χ4n) is 4.46. The van der Waals surface area contributed by atoms with Crippen molar-refractivity contribution >= 4 is 45.1 Å². The van der Waals surface area contributed by atoms with Crippen molar-refractivity contribution in [3.05, 3.63) is 96.2 Å². The van der Waals surface area contributed by atoms with Crippen LogP contribution in [0, 0.1) is 0 Å². The Morgan fingerprint density at radius 1 is 0.921 bits per heavy atom. The zero-order valence-corrected chi connectivity index (χ0v) is 21.8. The number of nitrogens with one attached hydrogen (secondary N) is 1. The van der Waals surface area contributed by atoms with Crippen molar-refractivity contribution in [2.24, 2.45) is 0 Å². The molecule has 1 aliphatic rings. The molecule has 1 aromatic heterocycles. The third-order valence-electron chi connectivity index (χ3n) is 6.43. The molecule has 194 valence electrons. The van der Waals surface area contributed by atoms with Crippen molar-refractivity contribution in [2.75, 3.05) is 42.4 Å². The van der Waals surface area contributed by atoms with Crippen LogP contribution in [0.25, 0.3) is 10.9 Å². The van der Waals surface area contributed by atoms with Gasteiger partial charge < -0.3 is 19.3 Å². The first kappa shape index (κ1) is 25.4. The molecule has 0 aliphatic carbocycles. The number of amides is 1. The lowest BCUT2D eigenvalue weighted by molar-refractivity contribution is 0.0526. The number of hydrogen-bond donors (Lipinski definition) is 1.